The minimum Gasteiger partial charge on any atom is -0.307 e. The molecule has 7 heteroatoms. The molecule has 0 amide bonds. The van der Waals surface area contributed by atoms with Crippen molar-refractivity contribution in [3.8, 4) is 44.8 Å². The number of nitrogens with zero attached hydrogens (tertiary/aromatic N) is 4. The Hall–Kier alpha value is -4.13. The van der Waals surface area contributed by atoms with Crippen molar-refractivity contribution in [2.75, 3.05) is 5.43 Å². The SMILES string of the molecule is CCc1cc(Cl)nnc1-c1cccc(-c2cccc(-c3cc(NN)nnc3-c3ccccc3)c2)c1. The number of halogens is 1. The quantitative estimate of drug-likeness (QED) is 0.216. The lowest BCUT2D eigenvalue weighted by molar-refractivity contribution is 0.992. The number of nitrogens with two attached hydrogens (primary N) is 1. The van der Waals surface area contributed by atoms with Gasteiger partial charge in [-0.25, -0.2) is 5.84 Å². The summed E-state index contributed by atoms with van der Waals surface area (Å²) in [5.74, 6) is 6.14. The molecule has 0 unspecified atom stereocenters. The molecule has 6 nitrogen and oxygen atoms in total. The van der Waals surface area contributed by atoms with Gasteiger partial charge in [-0.1, -0.05) is 85.3 Å². The molecule has 2 heterocycles. The predicted octanol–water partition coefficient (Wildman–Crippen LogP) is 6.44. The lowest BCUT2D eigenvalue weighted by Crippen LogP contribution is -2.09. The molecule has 0 bridgehead atoms. The minimum atomic E-state index is 0.404. The van der Waals surface area contributed by atoms with Gasteiger partial charge in [-0.05, 0) is 52.9 Å². The van der Waals surface area contributed by atoms with Crippen LogP contribution in [-0.4, -0.2) is 20.4 Å². The van der Waals surface area contributed by atoms with Crippen LogP contribution < -0.4 is 11.3 Å². The van der Waals surface area contributed by atoms with Gasteiger partial charge >= 0.3 is 0 Å². The van der Waals surface area contributed by atoms with Crippen LogP contribution in [-0.2, 0) is 6.42 Å². The molecule has 0 saturated carbocycles. The van der Waals surface area contributed by atoms with Gasteiger partial charge < -0.3 is 5.43 Å². The van der Waals surface area contributed by atoms with Crippen LogP contribution in [0.1, 0.15) is 12.5 Å². The summed E-state index contributed by atoms with van der Waals surface area (Å²) < 4.78 is 0. The summed E-state index contributed by atoms with van der Waals surface area (Å²) >= 11 is 6.07. The molecular formula is C28H23ClN6. The first-order chi connectivity index (χ1) is 17.2. The summed E-state index contributed by atoms with van der Waals surface area (Å²) in [6, 6.07) is 30.5. The zero-order valence-corrected chi connectivity index (χ0v) is 19.9. The summed E-state index contributed by atoms with van der Waals surface area (Å²) in [4.78, 5) is 0. The fourth-order valence-electron chi connectivity index (χ4n) is 4.12. The normalized spacial score (nSPS) is 10.8. The number of hydrogen-bond acceptors (Lipinski definition) is 6. The second-order valence-corrected chi connectivity index (χ2v) is 8.45. The molecule has 0 saturated heterocycles. The molecule has 0 aliphatic rings. The van der Waals surface area contributed by atoms with Crippen molar-refractivity contribution in [1.82, 2.24) is 20.4 Å². The Morgan fingerprint density at radius 3 is 2.00 bits per heavy atom. The van der Waals surface area contributed by atoms with Crippen molar-refractivity contribution in [1.29, 1.82) is 0 Å². The van der Waals surface area contributed by atoms with E-state index in [0.29, 0.717) is 11.0 Å². The number of nitrogen functional groups attached to an aromatic ring is 1. The zero-order chi connectivity index (χ0) is 24.2. The van der Waals surface area contributed by atoms with Crippen LogP contribution in [0.2, 0.25) is 5.15 Å². The maximum Gasteiger partial charge on any atom is 0.163 e. The Bertz CT molecular complexity index is 1490. The smallest absolute Gasteiger partial charge is 0.163 e. The standard InChI is InChI=1S/C28H23ClN6/c1-2-18-16-25(29)32-34-27(18)23-13-7-11-21(15-23)20-10-6-12-22(14-20)24-17-26(31-30)33-35-28(24)19-8-4-3-5-9-19/h3-17H,2,30H2,1H3,(H,31,33). The molecule has 3 N–H and O–H groups in total. The number of aromatic nitrogens is 4. The summed E-state index contributed by atoms with van der Waals surface area (Å²) in [5.41, 5.74) is 11.4. The highest BCUT2D eigenvalue weighted by molar-refractivity contribution is 6.29. The lowest BCUT2D eigenvalue weighted by atomic mass is 9.95. The molecule has 0 aliphatic heterocycles. The third-order valence-electron chi connectivity index (χ3n) is 5.86. The first-order valence-corrected chi connectivity index (χ1v) is 11.7. The van der Waals surface area contributed by atoms with Gasteiger partial charge in [-0.15, -0.1) is 20.4 Å². The first-order valence-electron chi connectivity index (χ1n) is 11.3. The van der Waals surface area contributed by atoms with Crippen molar-refractivity contribution in [3.63, 3.8) is 0 Å². The van der Waals surface area contributed by atoms with E-state index in [-0.39, 0.29) is 0 Å². The third kappa shape index (κ3) is 4.75. The molecule has 0 radical (unpaired) electrons. The summed E-state index contributed by atoms with van der Waals surface area (Å²) in [7, 11) is 0. The maximum absolute atomic E-state index is 6.07. The van der Waals surface area contributed by atoms with E-state index in [1.807, 2.05) is 60.7 Å². The van der Waals surface area contributed by atoms with Crippen LogP contribution >= 0.6 is 11.6 Å². The van der Waals surface area contributed by atoms with Gasteiger partial charge in [-0.3, -0.25) is 0 Å². The summed E-state index contributed by atoms with van der Waals surface area (Å²) in [6.45, 7) is 2.09. The zero-order valence-electron chi connectivity index (χ0n) is 19.1. The average Bonchev–Trinajstić information content (AvgIpc) is 2.93. The monoisotopic (exact) mass is 478 g/mol. The second-order valence-electron chi connectivity index (χ2n) is 8.06. The fourth-order valence-corrected chi connectivity index (χ4v) is 4.29. The molecule has 35 heavy (non-hydrogen) atoms. The van der Waals surface area contributed by atoms with E-state index in [1.54, 1.807) is 0 Å². The molecule has 2 aromatic heterocycles. The number of benzene rings is 3. The van der Waals surface area contributed by atoms with Crippen molar-refractivity contribution in [2.24, 2.45) is 5.84 Å². The molecule has 5 aromatic rings. The van der Waals surface area contributed by atoms with Gasteiger partial charge in [0.15, 0.2) is 11.0 Å². The fraction of sp³-hybridized carbons (Fsp3) is 0.0714. The topological polar surface area (TPSA) is 89.6 Å². The van der Waals surface area contributed by atoms with Crippen molar-refractivity contribution in [3.05, 3.63) is 102 Å². The van der Waals surface area contributed by atoms with E-state index in [1.165, 1.54) is 0 Å². The van der Waals surface area contributed by atoms with Gasteiger partial charge in [-0.2, -0.15) is 0 Å². The van der Waals surface area contributed by atoms with E-state index in [2.05, 4.69) is 63.1 Å². The Morgan fingerprint density at radius 2 is 1.29 bits per heavy atom. The van der Waals surface area contributed by atoms with Gasteiger partial charge in [0.05, 0.1) is 5.69 Å². The van der Waals surface area contributed by atoms with Gasteiger partial charge in [0.25, 0.3) is 0 Å². The Morgan fingerprint density at radius 1 is 0.657 bits per heavy atom. The molecule has 3 aromatic carbocycles. The molecule has 5 rings (SSSR count). The van der Waals surface area contributed by atoms with E-state index in [0.717, 1.165) is 56.8 Å². The number of anilines is 1. The number of aryl methyl sites for hydroxylation is 1. The van der Waals surface area contributed by atoms with Crippen LogP contribution in [0, 0.1) is 0 Å². The largest absolute Gasteiger partial charge is 0.307 e. The van der Waals surface area contributed by atoms with E-state index in [4.69, 9.17) is 17.4 Å². The van der Waals surface area contributed by atoms with E-state index < -0.39 is 0 Å². The number of hydrazine groups is 1. The molecule has 0 fully saturated rings. The Kier molecular flexibility index (Phi) is 6.48. The second kappa shape index (κ2) is 10.0. The van der Waals surface area contributed by atoms with Crippen molar-refractivity contribution >= 4 is 17.4 Å². The van der Waals surface area contributed by atoms with Gasteiger partial charge in [0.2, 0.25) is 0 Å². The molecule has 0 aliphatic carbocycles. The highest BCUT2D eigenvalue weighted by Crippen LogP contribution is 2.34. The van der Waals surface area contributed by atoms with Crippen LogP contribution in [0.15, 0.2) is 91.0 Å². The van der Waals surface area contributed by atoms with Crippen LogP contribution in [0.4, 0.5) is 5.82 Å². The Balaban J connectivity index is 1.59. The van der Waals surface area contributed by atoms with Gasteiger partial charge in [0, 0.05) is 16.7 Å². The van der Waals surface area contributed by atoms with E-state index in [9.17, 15) is 0 Å². The lowest BCUT2D eigenvalue weighted by Gasteiger charge is -2.12. The highest BCUT2D eigenvalue weighted by Gasteiger charge is 2.13. The average molecular weight is 479 g/mol. The van der Waals surface area contributed by atoms with Gasteiger partial charge in [0.1, 0.15) is 5.69 Å². The van der Waals surface area contributed by atoms with Crippen molar-refractivity contribution < 1.29 is 0 Å². The van der Waals surface area contributed by atoms with Crippen molar-refractivity contribution in [2.45, 2.75) is 13.3 Å². The molecule has 0 spiro atoms. The van der Waals surface area contributed by atoms with E-state index >= 15 is 0 Å². The molecule has 172 valence electrons. The number of hydrogen-bond donors (Lipinski definition) is 2. The first kappa shape index (κ1) is 22.7. The molecular weight excluding hydrogens is 456 g/mol. The third-order valence-corrected chi connectivity index (χ3v) is 6.04. The maximum atomic E-state index is 6.07. The molecule has 0 atom stereocenters. The summed E-state index contributed by atoms with van der Waals surface area (Å²) in [6.07, 6.45) is 0.819. The van der Waals surface area contributed by atoms with Crippen LogP contribution in [0.5, 0.6) is 0 Å². The minimum absolute atomic E-state index is 0.404. The summed E-state index contributed by atoms with van der Waals surface area (Å²) in [5, 5.41) is 17.5. The number of nitrogens with one attached hydrogen (secondary N) is 1. The van der Waals surface area contributed by atoms with Crippen LogP contribution in [0.25, 0.3) is 44.8 Å². The predicted molar refractivity (Wildman–Crippen MR) is 142 cm³/mol. The van der Waals surface area contributed by atoms with Crippen LogP contribution in [0.3, 0.4) is 0 Å². The highest BCUT2D eigenvalue weighted by atomic mass is 35.5. The Labute approximate surface area is 208 Å². The number of rotatable bonds is 6.